The van der Waals surface area contributed by atoms with E-state index in [1.165, 1.54) is 5.56 Å². The van der Waals surface area contributed by atoms with Crippen molar-refractivity contribution in [2.75, 3.05) is 6.54 Å². The lowest BCUT2D eigenvalue weighted by Gasteiger charge is -2.24. The SMILES string of the molecule is CC(C)c1ccc(CN(C(=O)CNC(=O)[C@@H](N)C(C)C)C2CC2)cc1.Cl. The van der Waals surface area contributed by atoms with E-state index < -0.39 is 6.04 Å². The Labute approximate surface area is 163 Å². The summed E-state index contributed by atoms with van der Waals surface area (Å²) in [5.41, 5.74) is 8.23. The Balaban J connectivity index is 0.00000338. The summed E-state index contributed by atoms with van der Waals surface area (Å²) >= 11 is 0. The molecule has 6 heteroatoms. The van der Waals surface area contributed by atoms with Crippen molar-refractivity contribution in [1.29, 1.82) is 0 Å². The average molecular weight is 382 g/mol. The highest BCUT2D eigenvalue weighted by atomic mass is 35.5. The molecular formula is C20H32ClN3O2. The molecule has 5 nitrogen and oxygen atoms in total. The number of nitrogens with zero attached hydrogens (tertiary/aromatic N) is 1. The highest BCUT2D eigenvalue weighted by Gasteiger charge is 2.32. The van der Waals surface area contributed by atoms with Crippen LogP contribution in [0.2, 0.25) is 0 Å². The number of carbonyl (C=O) groups is 2. The zero-order valence-corrected chi connectivity index (χ0v) is 17.0. The lowest BCUT2D eigenvalue weighted by Crippen LogP contribution is -2.48. The van der Waals surface area contributed by atoms with E-state index in [-0.39, 0.29) is 36.7 Å². The Bertz CT molecular complexity index is 598. The van der Waals surface area contributed by atoms with Gasteiger partial charge in [0.25, 0.3) is 0 Å². The third kappa shape index (κ3) is 6.29. The normalized spacial score (nSPS) is 14.7. The second-order valence-corrected chi connectivity index (χ2v) is 7.64. The molecule has 0 aliphatic heterocycles. The lowest BCUT2D eigenvalue weighted by molar-refractivity contribution is -0.134. The molecule has 2 rings (SSSR count). The van der Waals surface area contributed by atoms with Gasteiger partial charge in [0, 0.05) is 12.6 Å². The molecule has 1 saturated carbocycles. The van der Waals surface area contributed by atoms with Crippen LogP contribution in [0.5, 0.6) is 0 Å². The van der Waals surface area contributed by atoms with Crippen LogP contribution in [0.1, 0.15) is 57.6 Å². The van der Waals surface area contributed by atoms with Gasteiger partial charge in [-0.15, -0.1) is 12.4 Å². The van der Waals surface area contributed by atoms with E-state index in [9.17, 15) is 9.59 Å². The van der Waals surface area contributed by atoms with E-state index in [1.54, 1.807) is 0 Å². The Morgan fingerprint density at radius 3 is 2.19 bits per heavy atom. The van der Waals surface area contributed by atoms with Gasteiger partial charge in [0.2, 0.25) is 11.8 Å². The van der Waals surface area contributed by atoms with Crippen LogP contribution in [-0.4, -0.2) is 35.3 Å². The van der Waals surface area contributed by atoms with Gasteiger partial charge in [0.05, 0.1) is 12.6 Å². The molecule has 1 fully saturated rings. The molecule has 1 aliphatic rings. The molecule has 0 unspecified atom stereocenters. The minimum atomic E-state index is -0.578. The predicted octanol–water partition coefficient (Wildman–Crippen LogP) is 2.82. The molecule has 1 aromatic carbocycles. The molecule has 1 atom stereocenters. The zero-order valence-electron chi connectivity index (χ0n) is 16.2. The maximum Gasteiger partial charge on any atom is 0.242 e. The fourth-order valence-corrected chi connectivity index (χ4v) is 2.70. The predicted molar refractivity (Wildman–Crippen MR) is 107 cm³/mol. The third-order valence-corrected chi connectivity index (χ3v) is 4.74. The first-order valence-electron chi connectivity index (χ1n) is 9.21. The maximum atomic E-state index is 12.6. The second-order valence-electron chi connectivity index (χ2n) is 7.64. The van der Waals surface area contributed by atoms with E-state index in [2.05, 4.69) is 43.4 Å². The Morgan fingerprint density at radius 2 is 1.73 bits per heavy atom. The zero-order chi connectivity index (χ0) is 18.6. The van der Waals surface area contributed by atoms with E-state index >= 15 is 0 Å². The third-order valence-electron chi connectivity index (χ3n) is 4.74. The summed E-state index contributed by atoms with van der Waals surface area (Å²) in [6.45, 7) is 8.72. The first kappa shape index (κ1) is 22.5. The largest absolute Gasteiger partial charge is 0.346 e. The van der Waals surface area contributed by atoms with Crippen LogP contribution in [0.4, 0.5) is 0 Å². The molecule has 26 heavy (non-hydrogen) atoms. The van der Waals surface area contributed by atoms with Crippen molar-refractivity contribution >= 4 is 24.2 Å². The molecule has 0 saturated heterocycles. The molecule has 0 heterocycles. The van der Waals surface area contributed by atoms with Crippen molar-refractivity contribution in [2.45, 2.75) is 65.1 Å². The minimum absolute atomic E-state index is 0. The fraction of sp³-hybridized carbons (Fsp3) is 0.600. The number of nitrogens with one attached hydrogen (secondary N) is 1. The van der Waals surface area contributed by atoms with Crippen LogP contribution in [0.25, 0.3) is 0 Å². The van der Waals surface area contributed by atoms with Crippen molar-refractivity contribution in [3.63, 3.8) is 0 Å². The number of rotatable bonds is 8. The topological polar surface area (TPSA) is 75.4 Å². The van der Waals surface area contributed by atoms with Crippen molar-refractivity contribution in [1.82, 2.24) is 10.2 Å². The summed E-state index contributed by atoms with van der Waals surface area (Å²) < 4.78 is 0. The standard InChI is InChI=1S/C20H31N3O2.ClH/c1-13(2)16-7-5-15(6-8-16)12-23(17-9-10-17)18(24)11-22-20(25)19(21)14(3)4;/h5-8,13-14,17,19H,9-12,21H2,1-4H3,(H,22,25);1H/t19-;/m0./s1. The van der Waals surface area contributed by atoms with Gasteiger partial charge in [-0.25, -0.2) is 0 Å². The lowest BCUT2D eigenvalue weighted by atomic mass is 10.0. The minimum Gasteiger partial charge on any atom is -0.346 e. The number of amides is 2. The van der Waals surface area contributed by atoms with Crippen molar-refractivity contribution in [2.24, 2.45) is 11.7 Å². The molecule has 0 radical (unpaired) electrons. The van der Waals surface area contributed by atoms with Gasteiger partial charge in [-0.3, -0.25) is 9.59 Å². The van der Waals surface area contributed by atoms with Crippen LogP contribution in [0.3, 0.4) is 0 Å². The van der Waals surface area contributed by atoms with E-state index in [4.69, 9.17) is 5.73 Å². The summed E-state index contributed by atoms with van der Waals surface area (Å²) in [6.07, 6.45) is 2.07. The smallest absolute Gasteiger partial charge is 0.242 e. The highest BCUT2D eigenvalue weighted by Crippen LogP contribution is 2.28. The van der Waals surface area contributed by atoms with Crippen LogP contribution < -0.4 is 11.1 Å². The number of hydrogen-bond acceptors (Lipinski definition) is 3. The fourth-order valence-electron chi connectivity index (χ4n) is 2.70. The van der Waals surface area contributed by atoms with Gasteiger partial charge < -0.3 is 16.0 Å². The van der Waals surface area contributed by atoms with Gasteiger partial charge in [0.15, 0.2) is 0 Å². The van der Waals surface area contributed by atoms with Gasteiger partial charge in [0.1, 0.15) is 0 Å². The molecule has 1 aliphatic carbocycles. The number of nitrogens with two attached hydrogens (primary N) is 1. The number of carbonyl (C=O) groups excluding carboxylic acids is 2. The Hall–Kier alpha value is -1.59. The molecule has 146 valence electrons. The van der Waals surface area contributed by atoms with Crippen LogP contribution >= 0.6 is 12.4 Å². The van der Waals surface area contributed by atoms with Crippen LogP contribution in [0.15, 0.2) is 24.3 Å². The second kappa shape index (κ2) is 9.93. The van der Waals surface area contributed by atoms with Gasteiger partial charge >= 0.3 is 0 Å². The molecule has 0 aromatic heterocycles. The van der Waals surface area contributed by atoms with Gasteiger partial charge in [-0.2, -0.15) is 0 Å². The van der Waals surface area contributed by atoms with Crippen molar-refractivity contribution in [3.8, 4) is 0 Å². The quantitative estimate of drug-likeness (QED) is 0.727. The first-order valence-corrected chi connectivity index (χ1v) is 9.21. The van der Waals surface area contributed by atoms with Crippen LogP contribution in [0, 0.1) is 5.92 Å². The summed E-state index contributed by atoms with van der Waals surface area (Å²) in [4.78, 5) is 26.4. The summed E-state index contributed by atoms with van der Waals surface area (Å²) in [5, 5.41) is 2.68. The summed E-state index contributed by atoms with van der Waals surface area (Å²) in [5.74, 6) is 0.241. The molecular weight excluding hydrogens is 350 g/mol. The molecule has 0 bridgehead atoms. The highest BCUT2D eigenvalue weighted by molar-refractivity contribution is 5.87. The monoisotopic (exact) mass is 381 g/mol. The summed E-state index contributed by atoms with van der Waals surface area (Å²) in [7, 11) is 0. The molecule has 2 amide bonds. The van der Waals surface area contributed by atoms with Crippen LogP contribution in [-0.2, 0) is 16.1 Å². The maximum absolute atomic E-state index is 12.6. The van der Waals surface area contributed by atoms with E-state index in [0.717, 1.165) is 18.4 Å². The molecule has 3 N–H and O–H groups in total. The van der Waals surface area contributed by atoms with Gasteiger partial charge in [-0.05, 0) is 35.8 Å². The van der Waals surface area contributed by atoms with E-state index in [0.29, 0.717) is 18.5 Å². The van der Waals surface area contributed by atoms with E-state index in [1.807, 2.05) is 18.7 Å². The molecule has 1 aromatic rings. The first-order chi connectivity index (χ1) is 11.8. The number of halogens is 1. The number of benzene rings is 1. The van der Waals surface area contributed by atoms with Crippen molar-refractivity contribution < 1.29 is 9.59 Å². The summed E-state index contributed by atoms with van der Waals surface area (Å²) in [6, 6.07) is 8.15. The Kier molecular flexibility index (Phi) is 8.57. The number of hydrogen-bond donors (Lipinski definition) is 2. The molecule has 0 spiro atoms. The van der Waals surface area contributed by atoms with Crippen molar-refractivity contribution in [3.05, 3.63) is 35.4 Å². The average Bonchev–Trinajstić information content (AvgIpc) is 3.41. The van der Waals surface area contributed by atoms with Gasteiger partial charge in [-0.1, -0.05) is 52.0 Å². The Morgan fingerprint density at radius 1 is 1.15 bits per heavy atom.